The molecule has 0 atom stereocenters. The van der Waals surface area contributed by atoms with E-state index in [2.05, 4.69) is 170 Å². The molecular weight excluding hydrogens is 609 g/mol. The van der Waals surface area contributed by atoms with E-state index in [0.29, 0.717) is 0 Å². The van der Waals surface area contributed by atoms with Crippen LogP contribution in [0.1, 0.15) is 18.4 Å². The van der Waals surface area contributed by atoms with Crippen molar-refractivity contribution in [3.05, 3.63) is 175 Å². The van der Waals surface area contributed by atoms with E-state index >= 15 is 0 Å². The van der Waals surface area contributed by atoms with Crippen molar-refractivity contribution in [1.82, 2.24) is 0 Å². The van der Waals surface area contributed by atoms with Crippen molar-refractivity contribution in [2.45, 2.75) is 12.8 Å². The van der Waals surface area contributed by atoms with Crippen LogP contribution in [0.2, 0.25) is 0 Å². The molecular formula is C48H32O2. The summed E-state index contributed by atoms with van der Waals surface area (Å²) in [6, 6.07) is 54.2. The maximum atomic E-state index is 6.79. The molecule has 2 nitrogen and oxygen atoms in total. The van der Waals surface area contributed by atoms with Crippen molar-refractivity contribution in [1.29, 1.82) is 0 Å². The highest BCUT2D eigenvalue weighted by atomic mass is 16.4. The number of rotatable bonds is 5. The molecule has 0 spiro atoms. The van der Waals surface area contributed by atoms with Gasteiger partial charge in [0.15, 0.2) is 11.2 Å². The molecule has 50 heavy (non-hydrogen) atoms. The third-order valence-electron chi connectivity index (χ3n) is 10.2. The zero-order chi connectivity index (χ0) is 33.0. The Morgan fingerprint density at radius 2 is 0.840 bits per heavy atom. The molecule has 0 bridgehead atoms. The average Bonchev–Trinajstić information content (AvgIpc) is 3.78. The first-order valence-electron chi connectivity index (χ1n) is 17.3. The van der Waals surface area contributed by atoms with Crippen LogP contribution in [0.15, 0.2) is 179 Å². The smallest absolute Gasteiger partial charge is 0.178 e. The molecule has 0 unspecified atom stereocenters. The number of hydrogen-bond donors (Lipinski definition) is 0. The van der Waals surface area contributed by atoms with Crippen LogP contribution in [-0.4, -0.2) is 0 Å². The van der Waals surface area contributed by atoms with Crippen LogP contribution >= 0.6 is 0 Å². The molecule has 0 amide bonds. The molecule has 10 rings (SSSR count). The number of furan rings is 2. The van der Waals surface area contributed by atoms with Crippen molar-refractivity contribution in [2.24, 2.45) is 0 Å². The molecule has 0 saturated carbocycles. The fourth-order valence-corrected chi connectivity index (χ4v) is 7.65. The van der Waals surface area contributed by atoms with Crippen molar-refractivity contribution < 1.29 is 8.83 Å². The van der Waals surface area contributed by atoms with E-state index in [0.717, 1.165) is 67.8 Å². The van der Waals surface area contributed by atoms with E-state index in [4.69, 9.17) is 8.83 Å². The van der Waals surface area contributed by atoms with Gasteiger partial charge in [0.25, 0.3) is 0 Å². The van der Waals surface area contributed by atoms with Gasteiger partial charge in [-0.1, -0.05) is 140 Å². The van der Waals surface area contributed by atoms with Crippen LogP contribution in [0.3, 0.4) is 0 Å². The summed E-state index contributed by atoms with van der Waals surface area (Å²) in [5.41, 5.74) is 15.2. The van der Waals surface area contributed by atoms with Crippen molar-refractivity contribution >= 4 is 49.5 Å². The Bertz CT molecular complexity index is 2720. The molecule has 0 radical (unpaired) electrons. The van der Waals surface area contributed by atoms with Gasteiger partial charge in [0.2, 0.25) is 0 Å². The van der Waals surface area contributed by atoms with Gasteiger partial charge in [0.1, 0.15) is 11.2 Å². The Labute approximate surface area is 290 Å². The van der Waals surface area contributed by atoms with E-state index in [9.17, 15) is 0 Å². The Balaban J connectivity index is 1.08. The fourth-order valence-electron chi connectivity index (χ4n) is 7.65. The van der Waals surface area contributed by atoms with Gasteiger partial charge in [-0.25, -0.2) is 0 Å². The number of allylic oxidation sites excluding steroid dienone is 4. The van der Waals surface area contributed by atoms with Crippen LogP contribution in [0.5, 0.6) is 0 Å². The lowest BCUT2D eigenvalue weighted by Gasteiger charge is -2.12. The summed E-state index contributed by atoms with van der Waals surface area (Å²) >= 11 is 0. The zero-order valence-electron chi connectivity index (χ0n) is 27.4. The third-order valence-corrected chi connectivity index (χ3v) is 10.2. The topological polar surface area (TPSA) is 26.3 Å². The molecule has 7 aromatic carbocycles. The van der Waals surface area contributed by atoms with Crippen molar-refractivity contribution in [3.8, 4) is 44.5 Å². The summed E-state index contributed by atoms with van der Waals surface area (Å²) < 4.78 is 13.5. The van der Waals surface area contributed by atoms with E-state index in [1.165, 1.54) is 44.5 Å². The minimum atomic E-state index is 0.799. The Morgan fingerprint density at radius 1 is 0.360 bits per heavy atom. The minimum absolute atomic E-state index is 0.799. The molecule has 1 aliphatic carbocycles. The molecule has 2 aromatic heterocycles. The lowest BCUT2D eigenvalue weighted by molar-refractivity contribution is 0.633. The molecule has 2 heteroatoms. The maximum absolute atomic E-state index is 6.79. The standard InChI is InChI=1S/C48H32O2/c1-4-12-31(13-5-1)36-28-37(32-14-6-2-7-15-32)30-38(29-36)33-22-24-35(25-23-33)40-19-11-21-42-44-27-26-43-41-20-10-18-39(34-16-8-3-9-17-34)45(41)49-47(43)48(44)50-46(40)42/h1-8,10-16,18-30H,9,17H2. The van der Waals surface area contributed by atoms with Gasteiger partial charge < -0.3 is 8.83 Å². The first-order valence-corrected chi connectivity index (χ1v) is 17.3. The van der Waals surface area contributed by atoms with Gasteiger partial charge in [-0.05, 0) is 87.7 Å². The summed E-state index contributed by atoms with van der Waals surface area (Å²) in [5.74, 6) is 0. The quantitative estimate of drug-likeness (QED) is 0.187. The van der Waals surface area contributed by atoms with Gasteiger partial charge in [-0.3, -0.25) is 0 Å². The largest absolute Gasteiger partial charge is 0.451 e. The maximum Gasteiger partial charge on any atom is 0.178 e. The summed E-state index contributed by atoms with van der Waals surface area (Å²) in [5, 5.41) is 4.36. The fraction of sp³-hybridized carbons (Fsp3) is 0.0417. The van der Waals surface area contributed by atoms with Gasteiger partial charge in [0, 0.05) is 32.7 Å². The van der Waals surface area contributed by atoms with Gasteiger partial charge in [-0.15, -0.1) is 0 Å². The third kappa shape index (κ3) is 4.72. The normalized spacial score (nSPS) is 13.1. The average molecular weight is 641 g/mol. The monoisotopic (exact) mass is 640 g/mol. The predicted molar refractivity (Wildman–Crippen MR) is 209 cm³/mol. The molecule has 0 saturated heterocycles. The summed E-state index contributed by atoms with van der Waals surface area (Å²) in [6.45, 7) is 0. The lowest BCUT2D eigenvalue weighted by atomic mass is 9.92. The summed E-state index contributed by atoms with van der Waals surface area (Å²) in [6.07, 6.45) is 8.64. The van der Waals surface area contributed by atoms with Gasteiger partial charge >= 0.3 is 0 Å². The Morgan fingerprint density at radius 3 is 1.38 bits per heavy atom. The Kier molecular flexibility index (Phi) is 6.67. The molecule has 0 fully saturated rings. The molecule has 0 N–H and O–H groups in total. The van der Waals surface area contributed by atoms with Gasteiger partial charge in [0.05, 0.1) is 0 Å². The SMILES string of the molecule is C1=CCCC(c2cccc3c2oc2c3ccc3c4cccc(-c5ccc(-c6cc(-c7ccccc7)cc(-c7ccccc7)c6)cc5)c4oc32)=C1. The second-order valence-electron chi connectivity index (χ2n) is 13.2. The highest BCUT2D eigenvalue weighted by Crippen LogP contribution is 2.43. The lowest BCUT2D eigenvalue weighted by Crippen LogP contribution is -1.88. The molecule has 0 aliphatic heterocycles. The summed E-state index contributed by atoms with van der Waals surface area (Å²) in [4.78, 5) is 0. The first kappa shape index (κ1) is 28.6. The first-order chi connectivity index (χ1) is 24.8. The number of hydrogen-bond acceptors (Lipinski definition) is 2. The van der Waals surface area contributed by atoms with Crippen LogP contribution in [0, 0.1) is 0 Å². The second-order valence-corrected chi connectivity index (χ2v) is 13.2. The number of para-hydroxylation sites is 2. The van der Waals surface area contributed by atoms with E-state index < -0.39 is 0 Å². The zero-order valence-corrected chi connectivity index (χ0v) is 27.4. The van der Waals surface area contributed by atoms with E-state index in [1.807, 2.05) is 0 Å². The van der Waals surface area contributed by atoms with Crippen LogP contribution in [0.4, 0.5) is 0 Å². The molecule has 236 valence electrons. The highest BCUT2D eigenvalue weighted by molar-refractivity contribution is 6.21. The molecule has 1 aliphatic rings. The van der Waals surface area contributed by atoms with E-state index in [-0.39, 0.29) is 0 Å². The van der Waals surface area contributed by atoms with Crippen molar-refractivity contribution in [2.75, 3.05) is 0 Å². The van der Waals surface area contributed by atoms with Crippen LogP contribution in [-0.2, 0) is 0 Å². The molecule has 2 heterocycles. The number of benzene rings is 7. The number of fused-ring (bicyclic) bond motifs is 7. The summed E-state index contributed by atoms with van der Waals surface area (Å²) in [7, 11) is 0. The van der Waals surface area contributed by atoms with Crippen LogP contribution < -0.4 is 0 Å². The van der Waals surface area contributed by atoms with Crippen LogP contribution in [0.25, 0.3) is 94.0 Å². The second kappa shape index (κ2) is 11.6. The van der Waals surface area contributed by atoms with Gasteiger partial charge in [-0.2, -0.15) is 0 Å². The Hall–Kier alpha value is -6.38. The molecule has 9 aromatic rings. The van der Waals surface area contributed by atoms with Crippen molar-refractivity contribution in [3.63, 3.8) is 0 Å². The highest BCUT2D eigenvalue weighted by Gasteiger charge is 2.20. The van der Waals surface area contributed by atoms with E-state index in [1.54, 1.807) is 0 Å². The predicted octanol–water partition coefficient (Wildman–Crippen LogP) is 13.9. The minimum Gasteiger partial charge on any atom is -0.451 e.